The highest BCUT2D eigenvalue weighted by Crippen LogP contribution is 2.43. The molecule has 0 aromatic carbocycles. The number of methoxy groups -OCH3 is 1. The molecule has 35 heavy (non-hydrogen) atoms. The molecule has 3 heterocycles. The molecule has 0 amide bonds. The van der Waals surface area contributed by atoms with Crippen LogP contribution < -0.4 is 0 Å². The highest BCUT2D eigenvalue weighted by molar-refractivity contribution is 5.97. The first-order chi connectivity index (χ1) is 16.7. The molecule has 3 aromatic rings. The highest BCUT2D eigenvalue weighted by Gasteiger charge is 2.30. The fourth-order valence-electron chi connectivity index (χ4n) is 3.38. The molecule has 1 N–H and O–H groups in total. The van der Waals surface area contributed by atoms with E-state index in [1.165, 1.54) is 32.6 Å². The smallest absolute Gasteiger partial charge is 0.341 e. The largest absolute Gasteiger partial charge is 0.465 e. The van der Waals surface area contributed by atoms with Crippen molar-refractivity contribution >= 4 is 11.5 Å². The van der Waals surface area contributed by atoms with Crippen LogP contribution in [0.2, 0.25) is 0 Å². The first-order valence-corrected chi connectivity index (χ1v) is 13.0. The molecule has 0 aliphatic heterocycles. The number of nitrogens with zero attached hydrogens (tertiary/aromatic N) is 4. The zero-order chi connectivity index (χ0) is 26.2. The van der Waals surface area contributed by atoms with Crippen LogP contribution in [-0.4, -0.2) is 43.2 Å². The lowest BCUT2D eigenvalue weighted by Crippen LogP contribution is -2.26. The summed E-state index contributed by atoms with van der Waals surface area (Å²) in [7, 11) is 1.36. The lowest BCUT2D eigenvalue weighted by Gasteiger charge is -2.16. The second-order valence-electron chi connectivity index (χ2n) is 9.90. The number of aliphatic hydroxyl groups is 1. The Bertz CT molecular complexity index is 1070. The molecule has 7 heteroatoms. The first kappa shape index (κ1) is 28.6. The zero-order valence-corrected chi connectivity index (χ0v) is 22.8. The minimum atomic E-state index is -0.836. The van der Waals surface area contributed by atoms with Crippen molar-refractivity contribution in [3.63, 3.8) is 0 Å². The number of rotatable bonds is 5. The van der Waals surface area contributed by atoms with E-state index in [-0.39, 0.29) is 0 Å². The average Bonchev–Trinajstić information content (AvgIpc) is 3.74. The molecule has 7 nitrogen and oxygen atoms in total. The fraction of sp³-hybridized carbons (Fsp3) is 0.607. The van der Waals surface area contributed by atoms with Gasteiger partial charge in [-0.3, -0.25) is 4.68 Å². The summed E-state index contributed by atoms with van der Waals surface area (Å²) in [5, 5.41) is 19.0. The van der Waals surface area contributed by atoms with Crippen LogP contribution in [0.4, 0.5) is 0 Å². The summed E-state index contributed by atoms with van der Waals surface area (Å²) in [4.78, 5) is 12.0. The van der Waals surface area contributed by atoms with Gasteiger partial charge in [-0.25, -0.2) is 9.31 Å². The van der Waals surface area contributed by atoms with E-state index in [2.05, 4.69) is 25.9 Å². The summed E-state index contributed by atoms with van der Waals surface area (Å²) < 4.78 is 8.31. The normalized spacial score (nSPS) is 14.7. The van der Waals surface area contributed by atoms with Gasteiger partial charge in [-0.1, -0.05) is 53.9 Å². The average molecular weight is 485 g/mol. The summed E-state index contributed by atoms with van der Waals surface area (Å²) in [5.41, 5.74) is 3.37. The number of esters is 1. The monoisotopic (exact) mass is 484 g/mol. The van der Waals surface area contributed by atoms with Crippen molar-refractivity contribution in [1.29, 1.82) is 0 Å². The molecule has 0 radical (unpaired) electrons. The van der Waals surface area contributed by atoms with Crippen LogP contribution in [0.25, 0.3) is 16.6 Å². The van der Waals surface area contributed by atoms with E-state index in [1.54, 1.807) is 18.4 Å². The van der Waals surface area contributed by atoms with Crippen molar-refractivity contribution < 1.29 is 14.6 Å². The third-order valence-electron chi connectivity index (χ3n) is 5.41. The van der Waals surface area contributed by atoms with Crippen LogP contribution in [-0.2, 0) is 11.3 Å². The predicted octanol–water partition coefficient (Wildman–Crippen LogP) is 6.49. The summed E-state index contributed by atoms with van der Waals surface area (Å²) >= 11 is 0. The molecule has 3 aromatic heterocycles. The van der Waals surface area contributed by atoms with Gasteiger partial charge in [0.15, 0.2) is 0 Å². The molecule has 0 spiro atoms. The summed E-state index contributed by atoms with van der Waals surface area (Å²) in [5.74, 6) is 1.14. The predicted molar refractivity (Wildman–Crippen MR) is 142 cm³/mol. The number of ether oxygens (including phenoxy) is 1. The minimum absolute atomic E-state index is 0.405. The van der Waals surface area contributed by atoms with E-state index in [1.807, 2.05) is 43.1 Å². The first-order valence-electron chi connectivity index (χ1n) is 13.0. The second kappa shape index (κ2) is 12.9. The van der Waals surface area contributed by atoms with Crippen molar-refractivity contribution in [2.24, 2.45) is 5.92 Å². The van der Waals surface area contributed by atoms with E-state index in [0.717, 1.165) is 35.6 Å². The molecule has 2 saturated carbocycles. The second-order valence-corrected chi connectivity index (χ2v) is 9.90. The Labute approximate surface area is 210 Å². The van der Waals surface area contributed by atoms with Crippen molar-refractivity contribution in [1.82, 2.24) is 19.4 Å². The molecule has 0 atom stereocenters. The zero-order valence-electron chi connectivity index (χ0n) is 22.8. The van der Waals surface area contributed by atoms with E-state index in [0.29, 0.717) is 23.5 Å². The van der Waals surface area contributed by atoms with Crippen LogP contribution in [0.3, 0.4) is 0 Å². The minimum Gasteiger partial charge on any atom is -0.465 e. The number of pyridine rings is 1. The fourth-order valence-corrected chi connectivity index (χ4v) is 3.38. The van der Waals surface area contributed by atoms with Gasteiger partial charge in [0.25, 0.3) is 0 Å². The van der Waals surface area contributed by atoms with E-state index < -0.39 is 11.6 Å². The van der Waals surface area contributed by atoms with Crippen LogP contribution in [0.15, 0.2) is 30.7 Å². The van der Waals surface area contributed by atoms with E-state index >= 15 is 0 Å². The van der Waals surface area contributed by atoms with E-state index in [4.69, 9.17) is 9.84 Å². The maximum Gasteiger partial charge on any atom is 0.341 e. The molecule has 2 fully saturated rings. The van der Waals surface area contributed by atoms with Crippen molar-refractivity contribution in [3.8, 4) is 11.1 Å². The van der Waals surface area contributed by atoms with Gasteiger partial charge in [0, 0.05) is 23.9 Å². The van der Waals surface area contributed by atoms with Gasteiger partial charge >= 0.3 is 5.97 Å². The van der Waals surface area contributed by atoms with Gasteiger partial charge in [-0.15, -0.1) is 0 Å². The molecule has 0 saturated heterocycles. The number of aromatic nitrogens is 4. The van der Waals surface area contributed by atoms with Gasteiger partial charge in [0.05, 0.1) is 36.7 Å². The molecule has 5 rings (SSSR count). The van der Waals surface area contributed by atoms with Crippen molar-refractivity contribution in [3.05, 3.63) is 42.0 Å². The summed E-state index contributed by atoms with van der Waals surface area (Å²) in [6.07, 6.45) is 11.8. The Morgan fingerprint density at radius 1 is 1.20 bits per heavy atom. The molecule has 194 valence electrons. The standard InChI is InChI=1S/C19H22N4O3.C4H8.C3H8.C2H6/c1-19(2,25)11-22-10-15(17(21-22)12-4-5-12)13-6-7-23-16(8-13)14(9-20-23)18(24)26-3;1-4-2-3-4;1-3-2;1-2/h6-10,12,25H,4-5,11H2,1-3H3;4H,2-3H2,1H3;3H2,1-2H3;1-2H3. The van der Waals surface area contributed by atoms with Gasteiger partial charge in [0.2, 0.25) is 0 Å². The summed E-state index contributed by atoms with van der Waals surface area (Å²) in [6, 6.07) is 3.91. The Kier molecular flexibility index (Phi) is 10.5. The number of hydrogen-bond donors (Lipinski definition) is 1. The number of carbonyl (C=O) groups excluding carboxylic acids is 1. The van der Waals surface area contributed by atoms with Gasteiger partial charge in [-0.05, 0) is 50.3 Å². The summed E-state index contributed by atoms with van der Waals surface area (Å²) in [6.45, 7) is 14.5. The quantitative estimate of drug-likeness (QED) is 0.419. The lowest BCUT2D eigenvalue weighted by atomic mass is 10.0. The van der Waals surface area contributed by atoms with Gasteiger partial charge < -0.3 is 9.84 Å². The van der Waals surface area contributed by atoms with Gasteiger partial charge in [0.1, 0.15) is 5.56 Å². The topological polar surface area (TPSA) is 81.6 Å². The number of hydrogen-bond acceptors (Lipinski definition) is 5. The third-order valence-corrected chi connectivity index (χ3v) is 5.41. The van der Waals surface area contributed by atoms with Crippen molar-refractivity contribution in [2.75, 3.05) is 7.11 Å². The Balaban J connectivity index is 0.000000413. The highest BCUT2D eigenvalue weighted by atomic mass is 16.5. The van der Waals surface area contributed by atoms with Crippen LogP contribution in [0, 0.1) is 5.92 Å². The van der Waals surface area contributed by atoms with Crippen molar-refractivity contribution in [2.45, 2.75) is 98.6 Å². The van der Waals surface area contributed by atoms with E-state index in [9.17, 15) is 9.90 Å². The van der Waals surface area contributed by atoms with Crippen LogP contribution in [0.5, 0.6) is 0 Å². The molecule has 0 bridgehead atoms. The molecular weight excluding hydrogens is 440 g/mol. The number of fused-ring (bicyclic) bond motifs is 1. The van der Waals surface area contributed by atoms with Crippen LogP contribution >= 0.6 is 0 Å². The maximum atomic E-state index is 12.0. The molecule has 0 unspecified atom stereocenters. The molecule has 2 aliphatic rings. The molecule has 2 aliphatic carbocycles. The van der Waals surface area contributed by atoms with Crippen LogP contribution in [0.1, 0.15) is 103 Å². The lowest BCUT2D eigenvalue weighted by molar-refractivity contribution is 0.0574. The third kappa shape index (κ3) is 8.49. The number of carbonyl (C=O) groups is 1. The Hall–Kier alpha value is -2.67. The Morgan fingerprint density at radius 2 is 1.80 bits per heavy atom. The van der Waals surface area contributed by atoms with Gasteiger partial charge in [-0.2, -0.15) is 10.2 Å². The maximum absolute atomic E-state index is 12.0. The SMILES string of the molecule is CC.CC1CC1.CCC.COC(=O)c1cnn2ccc(-c3cn(CC(C)(C)O)nc3C3CC3)cc12. The molecular formula is C28H44N4O3. The Morgan fingerprint density at radius 3 is 2.29 bits per heavy atom.